The summed E-state index contributed by atoms with van der Waals surface area (Å²) in [6, 6.07) is 18.1. The Bertz CT molecular complexity index is 963. The first-order valence-electron chi connectivity index (χ1n) is 10.7. The summed E-state index contributed by atoms with van der Waals surface area (Å²) in [6.07, 6.45) is 7.00. The van der Waals surface area contributed by atoms with Gasteiger partial charge in [0.15, 0.2) is 0 Å². The summed E-state index contributed by atoms with van der Waals surface area (Å²) in [7, 11) is 0. The van der Waals surface area contributed by atoms with E-state index < -0.39 is 5.54 Å². The van der Waals surface area contributed by atoms with E-state index >= 15 is 0 Å². The number of hydrogen-bond acceptors (Lipinski definition) is 3. The lowest BCUT2D eigenvalue weighted by molar-refractivity contribution is -0.131. The summed E-state index contributed by atoms with van der Waals surface area (Å²) in [5, 5.41) is 9.35. The minimum absolute atomic E-state index is 0. The number of carbonyl (C=O) groups is 1. The first kappa shape index (κ1) is 21.8. The zero-order valence-corrected chi connectivity index (χ0v) is 17.0. The van der Waals surface area contributed by atoms with Crippen LogP contribution in [0, 0.1) is 11.3 Å². The van der Waals surface area contributed by atoms with Crippen LogP contribution in [0.25, 0.3) is 11.1 Å². The van der Waals surface area contributed by atoms with Gasteiger partial charge in [-0.1, -0.05) is 76.1 Å². The number of aliphatic imine (C=N–C) groups is 1. The Morgan fingerprint density at radius 3 is 2.47 bits per heavy atom. The van der Waals surface area contributed by atoms with Gasteiger partial charge >= 0.3 is 0 Å². The lowest BCUT2D eigenvalue weighted by Crippen LogP contribution is -2.40. The number of hydrogen-bond donors (Lipinski definition) is 0. The van der Waals surface area contributed by atoms with Gasteiger partial charge in [-0.25, -0.2) is 0 Å². The van der Waals surface area contributed by atoms with Crippen LogP contribution in [-0.4, -0.2) is 22.2 Å². The third kappa shape index (κ3) is 4.03. The van der Waals surface area contributed by atoms with Gasteiger partial charge in [-0.15, -0.1) is 0 Å². The van der Waals surface area contributed by atoms with Gasteiger partial charge in [-0.2, -0.15) is 5.26 Å². The summed E-state index contributed by atoms with van der Waals surface area (Å²) >= 11 is 0. The van der Waals surface area contributed by atoms with Crippen LogP contribution in [0.5, 0.6) is 0 Å². The average Bonchev–Trinajstić information content (AvgIpc) is 3.33. The number of amides is 1. The van der Waals surface area contributed by atoms with Crippen molar-refractivity contribution >= 4 is 11.7 Å². The van der Waals surface area contributed by atoms with Crippen LogP contribution >= 0.6 is 0 Å². The Morgan fingerprint density at radius 2 is 1.80 bits per heavy atom. The molecule has 0 N–H and O–H groups in total. The molecular weight excluding hydrogens is 370 g/mol. The highest BCUT2D eigenvalue weighted by Crippen LogP contribution is 2.40. The molecule has 1 fully saturated rings. The molecule has 2 aliphatic rings. The molecule has 0 unspecified atom stereocenters. The van der Waals surface area contributed by atoms with Gasteiger partial charge in [0, 0.05) is 6.42 Å². The minimum atomic E-state index is -0.477. The van der Waals surface area contributed by atoms with E-state index in [0.717, 1.165) is 67.5 Å². The van der Waals surface area contributed by atoms with E-state index in [0.29, 0.717) is 12.1 Å². The topological polar surface area (TPSA) is 56.5 Å². The Morgan fingerprint density at radius 1 is 1.10 bits per heavy atom. The van der Waals surface area contributed by atoms with Gasteiger partial charge < -0.3 is 0 Å². The van der Waals surface area contributed by atoms with E-state index in [4.69, 9.17) is 4.99 Å². The lowest BCUT2D eigenvalue weighted by atomic mass is 9.97. The first-order valence-corrected chi connectivity index (χ1v) is 10.7. The third-order valence-corrected chi connectivity index (χ3v) is 6.14. The summed E-state index contributed by atoms with van der Waals surface area (Å²) in [5.41, 5.74) is 3.25. The molecule has 2 aromatic carbocycles. The quantitative estimate of drug-likeness (QED) is 0.587. The van der Waals surface area contributed by atoms with Crippen molar-refractivity contribution in [3.8, 4) is 17.2 Å². The van der Waals surface area contributed by atoms with Crippen molar-refractivity contribution in [2.45, 2.75) is 71.4 Å². The van der Waals surface area contributed by atoms with E-state index in [1.54, 1.807) is 0 Å². The smallest absolute Gasteiger partial charge is 0.256 e. The van der Waals surface area contributed by atoms with Crippen molar-refractivity contribution in [1.82, 2.24) is 4.90 Å². The van der Waals surface area contributed by atoms with Crippen molar-refractivity contribution in [1.29, 1.82) is 5.26 Å². The number of amidine groups is 1. The average molecular weight is 402 g/mol. The maximum Gasteiger partial charge on any atom is 0.256 e. The van der Waals surface area contributed by atoms with Gasteiger partial charge in [-0.05, 0) is 42.0 Å². The molecular formula is C26H31N3O. The first-order chi connectivity index (χ1) is 14.2. The zero-order valence-electron chi connectivity index (χ0n) is 17.0. The molecule has 1 saturated carbocycles. The Kier molecular flexibility index (Phi) is 6.72. The third-order valence-electron chi connectivity index (χ3n) is 6.14. The number of benzene rings is 2. The molecule has 1 aliphatic heterocycles. The largest absolute Gasteiger partial charge is 0.294 e. The van der Waals surface area contributed by atoms with E-state index in [2.05, 4.69) is 25.1 Å². The van der Waals surface area contributed by atoms with E-state index in [1.807, 2.05) is 41.3 Å². The van der Waals surface area contributed by atoms with Crippen LogP contribution < -0.4 is 0 Å². The molecule has 0 bridgehead atoms. The molecule has 4 heteroatoms. The number of carbonyl (C=O) groups excluding carboxylic acids is 1. The predicted octanol–water partition coefficient (Wildman–Crippen LogP) is 6.11. The number of nitriles is 1. The van der Waals surface area contributed by atoms with Gasteiger partial charge in [0.05, 0.1) is 18.2 Å². The molecule has 0 aromatic heterocycles. The second kappa shape index (κ2) is 9.26. The molecule has 4 nitrogen and oxygen atoms in total. The number of unbranched alkanes of at least 4 members (excludes halogenated alkanes) is 1. The van der Waals surface area contributed by atoms with Crippen molar-refractivity contribution < 1.29 is 4.79 Å². The highest BCUT2D eigenvalue weighted by Gasteiger charge is 2.49. The van der Waals surface area contributed by atoms with E-state index in [1.165, 1.54) is 0 Å². The van der Waals surface area contributed by atoms with Crippen LogP contribution in [-0.2, 0) is 11.3 Å². The van der Waals surface area contributed by atoms with E-state index in [-0.39, 0.29) is 13.3 Å². The van der Waals surface area contributed by atoms with Crippen molar-refractivity contribution in [2.75, 3.05) is 0 Å². The maximum absolute atomic E-state index is 13.3. The van der Waals surface area contributed by atoms with Crippen LogP contribution in [0.2, 0.25) is 0 Å². The van der Waals surface area contributed by atoms with E-state index in [9.17, 15) is 10.1 Å². The predicted molar refractivity (Wildman–Crippen MR) is 122 cm³/mol. The molecule has 0 radical (unpaired) electrons. The SMILES string of the molecule is C.CCCCC1=NC2(CCCC2)C(=O)N1Cc1ccc(-c2ccccc2C#N)cc1. The van der Waals surface area contributed by atoms with Crippen LogP contribution in [0.15, 0.2) is 53.5 Å². The molecule has 156 valence electrons. The molecule has 1 spiro atoms. The monoisotopic (exact) mass is 401 g/mol. The molecule has 2 aromatic rings. The molecule has 0 atom stereocenters. The fourth-order valence-corrected chi connectivity index (χ4v) is 4.50. The summed E-state index contributed by atoms with van der Waals surface area (Å²) in [4.78, 5) is 20.1. The van der Waals surface area contributed by atoms with Gasteiger partial charge in [0.2, 0.25) is 0 Å². The number of nitrogens with zero attached hydrogens (tertiary/aromatic N) is 3. The van der Waals surface area contributed by atoms with Crippen molar-refractivity contribution in [3.05, 3.63) is 59.7 Å². The highest BCUT2D eigenvalue weighted by molar-refractivity contribution is 6.08. The summed E-state index contributed by atoms with van der Waals surface area (Å²) in [5.74, 6) is 1.16. The van der Waals surface area contributed by atoms with Crippen LogP contribution in [0.3, 0.4) is 0 Å². The standard InChI is InChI=1S/C25H27N3O.CH4/c1-2-3-10-23-27-25(15-6-7-16-25)24(29)28(23)18-19-11-13-20(14-12-19)22-9-5-4-8-21(22)17-26;/h4-5,8-9,11-14H,2-3,6-7,10,15-16,18H2,1H3;1H4. The molecule has 4 rings (SSSR count). The summed E-state index contributed by atoms with van der Waals surface area (Å²) in [6.45, 7) is 2.74. The van der Waals surface area contributed by atoms with Gasteiger partial charge in [0.25, 0.3) is 5.91 Å². The second-order valence-corrected chi connectivity index (χ2v) is 8.12. The Labute approximate surface area is 180 Å². The molecule has 30 heavy (non-hydrogen) atoms. The Balaban J connectivity index is 0.00000256. The molecule has 1 heterocycles. The summed E-state index contributed by atoms with van der Waals surface area (Å²) < 4.78 is 0. The Hall–Kier alpha value is -2.93. The molecule has 1 amide bonds. The van der Waals surface area contributed by atoms with Crippen molar-refractivity contribution in [3.63, 3.8) is 0 Å². The highest BCUT2D eigenvalue weighted by atomic mass is 16.2. The molecule has 0 saturated heterocycles. The van der Waals surface area contributed by atoms with Gasteiger partial charge in [0.1, 0.15) is 11.4 Å². The van der Waals surface area contributed by atoms with Crippen LogP contribution in [0.4, 0.5) is 0 Å². The number of rotatable bonds is 6. The van der Waals surface area contributed by atoms with Gasteiger partial charge in [-0.3, -0.25) is 14.7 Å². The fourth-order valence-electron chi connectivity index (χ4n) is 4.50. The lowest BCUT2D eigenvalue weighted by Gasteiger charge is -2.23. The second-order valence-electron chi connectivity index (χ2n) is 8.12. The molecule has 1 aliphatic carbocycles. The van der Waals surface area contributed by atoms with Crippen molar-refractivity contribution in [2.24, 2.45) is 4.99 Å². The van der Waals surface area contributed by atoms with Crippen LogP contribution in [0.1, 0.15) is 70.4 Å². The minimum Gasteiger partial charge on any atom is -0.294 e. The fraction of sp³-hybridized carbons (Fsp3) is 0.423. The maximum atomic E-state index is 13.3. The normalized spacial score (nSPS) is 17.0. The zero-order chi connectivity index (χ0) is 20.3.